The fraction of sp³-hybridized carbons (Fsp3) is 0.852. The summed E-state index contributed by atoms with van der Waals surface area (Å²) in [5.74, 6) is -0.479. The normalized spacial score (nSPS) is 13.5. The van der Waals surface area contributed by atoms with Crippen LogP contribution in [-0.4, -0.2) is 46.9 Å². The van der Waals surface area contributed by atoms with Gasteiger partial charge in [-0.05, 0) is 83.5 Å². The number of aliphatic hydroxyl groups excluding tert-OH is 2. The zero-order valence-corrected chi connectivity index (χ0v) is 40.1. The first-order valence-corrected chi connectivity index (χ1v) is 26.2. The summed E-state index contributed by atoms with van der Waals surface area (Å²) in [5, 5.41) is 23.7. The smallest absolute Gasteiger partial charge is 0.306 e. The van der Waals surface area contributed by atoms with Crippen LogP contribution >= 0.6 is 0 Å². The number of amides is 1. The molecule has 3 unspecified atom stereocenters. The van der Waals surface area contributed by atoms with Crippen LogP contribution in [-0.2, 0) is 14.3 Å². The number of hydrogen-bond donors (Lipinski definition) is 3. The van der Waals surface area contributed by atoms with E-state index in [1.807, 2.05) is 0 Å². The fourth-order valence-corrected chi connectivity index (χ4v) is 7.93. The minimum absolute atomic E-state index is 0.0726. The van der Waals surface area contributed by atoms with Gasteiger partial charge in [0.05, 0.1) is 25.2 Å². The molecule has 0 fully saturated rings. The van der Waals surface area contributed by atoms with Crippen LogP contribution in [0.4, 0.5) is 0 Å². The van der Waals surface area contributed by atoms with E-state index in [0.717, 1.165) is 70.6 Å². The average molecular weight is 844 g/mol. The van der Waals surface area contributed by atoms with Crippen molar-refractivity contribution in [2.24, 2.45) is 0 Å². The van der Waals surface area contributed by atoms with E-state index >= 15 is 0 Å². The number of rotatable bonds is 47. The van der Waals surface area contributed by atoms with Gasteiger partial charge in [0.1, 0.15) is 6.10 Å². The molecule has 0 aliphatic carbocycles. The first-order chi connectivity index (χ1) is 29.5. The van der Waals surface area contributed by atoms with E-state index in [1.54, 1.807) is 0 Å². The maximum absolute atomic E-state index is 13.2. The van der Waals surface area contributed by atoms with Gasteiger partial charge in [0.25, 0.3) is 0 Å². The Hall–Kier alpha value is -1.92. The Morgan fingerprint density at radius 3 is 1.33 bits per heavy atom. The molecular weight excluding hydrogens is 743 g/mol. The van der Waals surface area contributed by atoms with Crippen molar-refractivity contribution in [3.05, 3.63) is 36.5 Å². The highest BCUT2D eigenvalue weighted by Crippen LogP contribution is 2.18. The zero-order valence-electron chi connectivity index (χ0n) is 40.1. The summed E-state index contributed by atoms with van der Waals surface area (Å²) in [4.78, 5) is 26.1. The maximum Gasteiger partial charge on any atom is 0.306 e. The molecule has 3 atom stereocenters. The largest absolute Gasteiger partial charge is 0.462 e. The zero-order chi connectivity index (χ0) is 43.8. The van der Waals surface area contributed by atoms with Crippen LogP contribution in [0.2, 0.25) is 0 Å². The van der Waals surface area contributed by atoms with Crippen LogP contribution in [0.15, 0.2) is 36.5 Å². The van der Waals surface area contributed by atoms with Crippen molar-refractivity contribution in [1.29, 1.82) is 0 Å². The molecule has 0 aromatic carbocycles. The van der Waals surface area contributed by atoms with Gasteiger partial charge in [-0.1, -0.05) is 211 Å². The minimum atomic E-state index is -0.787. The second-order valence-corrected chi connectivity index (χ2v) is 17.9. The Balaban J connectivity index is 4.58. The number of ether oxygens (including phenoxy) is 1. The summed E-state index contributed by atoms with van der Waals surface area (Å²) in [6.07, 6.45) is 56.3. The molecule has 6 nitrogen and oxygen atoms in total. The molecule has 0 heterocycles. The number of hydrogen-bond acceptors (Lipinski definition) is 5. The summed E-state index contributed by atoms with van der Waals surface area (Å²) < 4.78 is 5.94. The monoisotopic (exact) mass is 844 g/mol. The fourth-order valence-electron chi connectivity index (χ4n) is 7.93. The Labute approximate surface area is 373 Å². The number of nitrogens with one attached hydrogen (secondary N) is 1. The molecular formula is C54H101NO5. The molecule has 6 heteroatoms. The maximum atomic E-state index is 13.2. The molecule has 1 amide bonds. The highest BCUT2D eigenvalue weighted by Gasteiger charge is 2.24. The number of aliphatic hydroxyl groups is 2. The molecule has 0 radical (unpaired) electrons. The topological polar surface area (TPSA) is 95.9 Å². The van der Waals surface area contributed by atoms with Crippen molar-refractivity contribution in [2.45, 2.75) is 289 Å². The van der Waals surface area contributed by atoms with Crippen LogP contribution in [0, 0.1) is 0 Å². The summed E-state index contributed by atoms with van der Waals surface area (Å²) in [7, 11) is 0. The molecule has 0 bridgehead atoms. The minimum Gasteiger partial charge on any atom is -0.462 e. The summed E-state index contributed by atoms with van der Waals surface area (Å²) in [5.41, 5.74) is 0. The van der Waals surface area contributed by atoms with Gasteiger partial charge in [0.2, 0.25) is 5.91 Å². The molecule has 0 saturated heterocycles. The molecule has 352 valence electrons. The first-order valence-electron chi connectivity index (χ1n) is 26.2. The standard InChI is InChI=1S/C54H101NO5/c1-4-7-10-13-16-19-21-23-25-26-28-29-31-34-36-39-42-45-50(48-53(58)55-51(49-56)52(57)46-43-40-37-33-18-15-12-9-6-3)60-54(59)47-44-41-38-35-32-30-27-24-22-20-17-14-11-8-5-2/h16,19-20,22-23,25,50-52,56-57H,4-15,17-18,21,24,26-49H2,1-3H3,(H,55,58)/b19-16-,22-20-,25-23-. The van der Waals surface area contributed by atoms with Crippen LogP contribution in [0.1, 0.15) is 271 Å². The van der Waals surface area contributed by atoms with E-state index in [9.17, 15) is 19.8 Å². The molecule has 0 saturated carbocycles. The third-order valence-corrected chi connectivity index (χ3v) is 11.9. The number of carbonyl (C=O) groups is 2. The van der Waals surface area contributed by atoms with Crippen LogP contribution < -0.4 is 5.32 Å². The number of carbonyl (C=O) groups excluding carboxylic acids is 2. The quantitative estimate of drug-likeness (QED) is 0.0322. The number of allylic oxidation sites excluding steroid dienone is 6. The van der Waals surface area contributed by atoms with Crippen molar-refractivity contribution in [2.75, 3.05) is 6.61 Å². The third-order valence-electron chi connectivity index (χ3n) is 11.9. The lowest BCUT2D eigenvalue weighted by atomic mass is 10.0. The van der Waals surface area contributed by atoms with Crippen molar-refractivity contribution in [3.8, 4) is 0 Å². The summed E-state index contributed by atoms with van der Waals surface area (Å²) >= 11 is 0. The Bertz CT molecular complexity index is 993. The van der Waals surface area contributed by atoms with Crippen molar-refractivity contribution < 1.29 is 24.5 Å². The van der Waals surface area contributed by atoms with Gasteiger partial charge in [-0.2, -0.15) is 0 Å². The van der Waals surface area contributed by atoms with E-state index in [2.05, 4.69) is 62.5 Å². The van der Waals surface area contributed by atoms with Crippen molar-refractivity contribution in [1.82, 2.24) is 5.32 Å². The third kappa shape index (κ3) is 42.8. The van der Waals surface area contributed by atoms with Crippen LogP contribution in [0.5, 0.6) is 0 Å². The lowest BCUT2D eigenvalue weighted by Crippen LogP contribution is -2.46. The SMILES string of the molecule is CCCCC/C=C\C/C=C\CCCCCCCCCC(CC(=O)NC(CO)C(O)CCCCCCCCCCC)OC(=O)CCCCCCCCC/C=C\CCCCCC. The molecule has 0 spiro atoms. The lowest BCUT2D eigenvalue weighted by molar-refractivity contribution is -0.151. The van der Waals surface area contributed by atoms with E-state index in [-0.39, 0.29) is 24.9 Å². The number of unbranched alkanes of at least 4 members (excludes halogenated alkanes) is 29. The van der Waals surface area contributed by atoms with E-state index in [1.165, 1.54) is 154 Å². The van der Waals surface area contributed by atoms with Crippen molar-refractivity contribution in [3.63, 3.8) is 0 Å². The Morgan fingerprint density at radius 1 is 0.483 bits per heavy atom. The van der Waals surface area contributed by atoms with Crippen molar-refractivity contribution >= 4 is 11.9 Å². The van der Waals surface area contributed by atoms with E-state index < -0.39 is 18.2 Å². The first kappa shape index (κ1) is 58.1. The van der Waals surface area contributed by atoms with Gasteiger partial charge in [-0.3, -0.25) is 9.59 Å². The van der Waals surface area contributed by atoms with Gasteiger partial charge in [0, 0.05) is 6.42 Å². The highest BCUT2D eigenvalue weighted by atomic mass is 16.5. The molecule has 3 N–H and O–H groups in total. The molecule has 0 aliphatic heterocycles. The summed E-state index contributed by atoms with van der Waals surface area (Å²) in [6, 6.07) is -0.702. The van der Waals surface area contributed by atoms with Gasteiger partial charge in [-0.15, -0.1) is 0 Å². The molecule has 0 aromatic rings. The van der Waals surface area contributed by atoms with Crippen LogP contribution in [0.25, 0.3) is 0 Å². The average Bonchev–Trinajstić information content (AvgIpc) is 3.24. The van der Waals surface area contributed by atoms with E-state index in [0.29, 0.717) is 19.3 Å². The van der Waals surface area contributed by atoms with Gasteiger partial charge in [0.15, 0.2) is 0 Å². The second-order valence-electron chi connectivity index (χ2n) is 17.9. The molecule has 0 aliphatic rings. The molecule has 0 rings (SSSR count). The Morgan fingerprint density at radius 2 is 0.850 bits per heavy atom. The van der Waals surface area contributed by atoms with Crippen LogP contribution in [0.3, 0.4) is 0 Å². The molecule has 60 heavy (non-hydrogen) atoms. The van der Waals surface area contributed by atoms with Gasteiger partial charge in [-0.25, -0.2) is 0 Å². The predicted octanol–water partition coefficient (Wildman–Crippen LogP) is 15.7. The predicted molar refractivity (Wildman–Crippen MR) is 259 cm³/mol. The highest BCUT2D eigenvalue weighted by molar-refractivity contribution is 5.77. The van der Waals surface area contributed by atoms with E-state index in [4.69, 9.17) is 4.74 Å². The van der Waals surface area contributed by atoms with Gasteiger partial charge < -0.3 is 20.3 Å². The number of esters is 1. The lowest BCUT2D eigenvalue weighted by Gasteiger charge is -2.24. The molecule has 0 aromatic heterocycles. The summed E-state index contributed by atoms with van der Waals surface area (Å²) in [6.45, 7) is 6.44. The second kappa shape index (κ2) is 48.1. The Kier molecular flexibility index (Phi) is 46.6. The van der Waals surface area contributed by atoms with Gasteiger partial charge >= 0.3 is 5.97 Å².